The van der Waals surface area contributed by atoms with Crippen molar-refractivity contribution in [3.05, 3.63) is 52.5 Å². The molecule has 0 aliphatic carbocycles. The van der Waals surface area contributed by atoms with Crippen LogP contribution in [0.3, 0.4) is 0 Å². The van der Waals surface area contributed by atoms with Gasteiger partial charge in [0, 0.05) is 18.6 Å². The molecule has 0 aliphatic heterocycles. The van der Waals surface area contributed by atoms with Gasteiger partial charge in [-0.1, -0.05) is 41.9 Å². The molecular formula is C16H16ClNO3. The fraction of sp³-hybridized carbons (Fsp3) is 0.188. The highest BCUT2D eigenvalue weighted by Crippen LogP contribution is 2.41. The van der Waals surface area contributed by atoms with Gasteiger partial charge in [-0.2, -0.15) is 0 Å². The van der Waals surface area contributed by atoms with E-state index in [1.165, 1.54) is 13.0 Å². The molecule has 0 aromatic heterocycles. The van der Waals surface area contributed by atoms with Crippen LogP contribution in [0.1, 0.15) is 18.1 Å². The van der Waals surface area contributed by atoms with Crippen LogP contribution >= 0.6 is 11.6 Å². The number of aromatic hydroxyl groups is 1. The maximum Gasteiger partial charge on any atom is 0.221 e. The smallest absolute Gasteiger partial charge is 0.221 e. The summed E-state index contributed by atoms with van der Waals surface area (Å²) in [6.45, 7) is 3.38. The molecule has 0 bridgehead atoms. The number of carbonyl (C=O) groups is 1. The number of benzene rings is 2. The number of rotatable bonds is 4. The molecular weight excluding hydrogens is 290 g/mol. The first-order valence-corrected chi connectivity index (χ1v) is 6.83. The summed E-state index contributed by atoms with van der Waals surface area (Å²) in [5.41, 5.74) is 1.84. The highest BCUT2D eigenvalue weighted by molar-refractivity contribution is 6.33. The minimum absolute atomic E-state index is 0.0100. The van der Waals surface area contributed by atoms with Crippen LogP contribution in [0.15, 0.2) is 36.4 Å². The minimum atomic E-state index is -0.265. The summed E-state index contributed by atoms with van der Waals surface area (Å²) < 4.78 is 5.73. The third kappa shape index (κ3) is 3.67. The summed E-state index contributed by atoms with van der Waals surface area (Å²) in [6.07, 6.45) is 0. The summed E-state index contributed by atoms with van der Waals surface area (Å²) in [4.78, 5) is 11.3. The van der Waals surface area contributed by atoms with Crippen molar-refractivity contribution in [2.75, 3.05) is 5.32 Å². The minimum Gasteiger partial charge on any atom is -0.508 e. The fourth-order valence-corrected chi connectivity index (χ4v) is 2.12. The second kappa shape index (κ2) is 6.50. The Bertz CT molecular complexity index is 656. The fourth-order valence-electron chi connectivity index (χ4n) is 1.86. The number of phenolic OH excluding ortho intramolecular Hbond substituents is 1. The quantitative estimate of drug-likeness (QED) is 0.901. The number of halogens is 1. The molecule has 0 heterocycles. The van der Waals surface area contributed by atoms with Crippen molar-refractivity contribution < 1.29 is 14.6 Å². The van der Waals surface area contributed by atoms with E-state index in [0.29, 0.717) is 23.6 Å². The van der Waals surface area contributed by atoms with Crippen LogP contribution in [0.2, 0.25) is 5.02 Å². The zero-order chi connectivity index (χ0) is 15.4. The molecule has 0 spiro atoms. The largest absolute Gasteiger partial charge is 0.508 e. The third-order valence-corrected chi connectivity index (χ3v) is 3.43. The standard InChI is InChI=1S/C16H16ClNO3/c1-10-14(20)8-13(18-11(2)19)16(15(10)17)21-9-12-6-4-3-5-7-12/h3-8,20H,9H2,1-2H3,(H,18,19). The molecule has 2 aromatic rings. The molecule has 0 fully saturated rings. The van der Waals surface area contributed by atoms with Crippen molar-refractivity contribution in [3.8, 4) is 11.5 Å². The molecule has 2 aromatic carbocycles. The maximum absolute atomic E-state index is 11.3. The Labute approximate surface area is 128 Å². The topological polar surface area (TPSA) is 58.6 Å². The van der Waals surface area contributed by atoms with Gasteiger partial charge in [0.05, 0.1) is 10.7 Å². The Morgan fingerprint density at radius 3 is 2.62 bits per heavy atom. The predicted octanol–water partition coefficient (Wildman–Crippen LogP) is 3.89. The van der Waals surface area contributed by atoms with E-state index in [9.17, 15) is 9.90 Å². The van der Waals surface area contributed by atoms with E-state index in [0.717, 1.165) is 5.56 Å². The van der Waals surface area contributed by atoms with E-state index in [-0.39, 0.29) is 16.7 Å². The van der Waals surface area contributed by atoms with Gasteiger partial charge in [0.2, 0.25) is 5.91 Å². The van der Waals surface area contributed by atoms with E-state index in [4.69, 9.17) is 16.3 Å². The first-order chi connectivity index (χ1) is 9.99. The van der Waals surface area contributed by atoms with Gasteiger partial charge in [-0.05, 0) is 12.5 Å². The Hall–Kier alpha value is -2.20. The summed E-state index contributed by atoms with van der Waals surface area (Å²) in [5, 5.41) is 12.7. The predicted molar refractivity (Wildman–Crippen MR) is 82.9 cm³/mol. The summed E-state index contributed by atoms with van der Waals surface area (Å²) in [6, 6.07) is 11.0. The van der Waals surface area contributed by atoms with Crippen LogP contribution in [0.5, 0.6) is 11.5 Å². The van der Waals surface area contributed by atoms with Gasteiger partial charge in [0.1, 0.15) is 12.4 Å². The van der Waals surface area contributed by atoms with Gasteiger partial charge in [-0.15, -0.1) is 0 Å². The van der Waals surface area contributed by atoms with Gasteiger partial charge in [0.25, 0.3) is 0 Å². The molecule has 0 aliphatic rings. The Morgan fingerprint density at radius 2 is 2.00 bits per heavy atom. The molecule has 110 valence electrons. The first-order valence-electron chi connectivity index (χ1n) is 6.45. The number of nitrogens with one attached hydrogen (secondary N) is 1. The van der Waals surface area contributed by atoms with Crippen molar-refractivity contribution in [1.82, 2.24) is 0 Å². The van der Waals surface area contributed by atoms with E-state index in [1.54, 1.807) is 6.92 Å². The maximum atomic E-state index is 11.3. The Balaban J connectivity index is 2.31. The van der Waals surface area contributed by atoms with Crippen LogP contribution < -0.4 is 10.1 Å². The summed E-state index contributed by atoms with van der Waals surface area (Å²) >= 11 is 6.22. The van der Waals surface area contributed by atoms with Crippen LogP contribution in [-0.4, -0.2) is 11.0 Å². The van der Waals surface area contributed by atoms with Gasteiger partial charge in [-0.25, -0.2) is 0 Å². The summed E-state index contributed by atoms with van der Waals surface area (Å²) in [7, 11) is 0. The lowest BCUT2D eigenvalue weighted by molar-refractivity contribution is -0.114. The highest BCUT2D eigenvalue weighted by Gasteiger charge is 2.16. The zero-order valence-corrected chi connectivity index (χ0v) is 12.6. The second-order valence-corrected chi connectivity index (χ2v) is 5.04. The normalized spacial score (nSPS) is 10.2. The zero-order valence-electron chi connectivity index (χ0n) is 11.8. The SMILES string of the molecule is CC(=O)Nc1cc(O)c(C)c(Cl)c1OCc1ccccc1. The lowest BCUT2D eigenvalue weighted by atomic mass is 10.1. The number of ether oxygens (including phenoxy) is 1. The molecule has 0 saturated heterocycles. The van der Waals surface area contributed by atoms with E-state index in [1.807, 2.05) is 30.3 Å². The summed E-state index contributed by atoms with van der Waals surface area (Å²) in [5.74, 6) is 0.0979. The molecule has 2 N–H and O–H groups in total. The molecule has 0 atom stereocenters. The van der Waals surface area contributed by atoms with Gasteiger partial charge < -0.3 is 15.2 Å². The number of hydrogen-bond acceptors (Lipinski definition) is 3. The Kier molecular flexibility index (Phi) is 4.70. The van der Waals surface area contributed by atoms with Crippen molar-refractivity contribution in [2.24, 2.45) is 0 Å². The number of phenols is 1. The lowest BCUT2D eigenvalue weighted by Crippen LogP contribution is -2.08. The molecule has 1 amide bonds. The number of hydrogen-bond donors (Lipinski definition) is 2. The van der Waals surface area contributed by atoms with Crippen molar-refractivity contribution in [1.29, 1.82) is 0 Å². The average molecular weight is 306 g/mol. The van der Waals surface area contributed by atoms with Crippen LogP contribution in [0.25, 0.3) is 0 Å². The van der Waals surface area contributed by atoms with Crippen molar-refractivity contribution in [2.45, 2.75) is 20.5 Å². The van der Waals surface area contributed by atoms with Gasteiger partial charge in [-0.3, -0.25) is 4.79 Å². The number of anilines is 1. The monoisotopic (exact) mass is 305 g/mol. The van der Waals surface area contributed by atoms with E-state index >= 15 is 0 Å². The Morgan fingerprint density at radius 1 is 1.33 bits per heavy atom. The molecule has 0 saturated carbocycles. The average Bonchev–Trinajstić information content (AvgIpc) is 2.45. The molecule has 2 rings (SSSR count). The lowest BCUT2D eigenvalue weighted by Gasteiger charge is -2.16. The molecule has 0 unspecified atom stereocenters. The highest BCUT2D eigenvalue weighted by atomic mass is 35.5. The van der Waals surface area contributed by atoms with Crippen molar-refractivity contribution in [3.63, 3.8) is 0 Å². The van der Waals surface area contributed by atoms with Crippen molar-refractivity contribution >= 4 is 23.2 Å². The van der Waals surface area contributed by atoms with E-state index in [2.05, 4.69) is 5.32 Å². The molecule has 21 heavy (non-hydrogen) atoms. The molecule has 0 radical (unpaired) electrons. The van der Waals surface area contributed by atoms with Crippen LogP contribution in [-0.2, 0) is 11.4 Å². The molecule has 4 nitrogen and oxygen atoms in total. The second-order valence-electron chi connectivity index (χ2n) is 4.67. The first kappa shape index (κ1) is 15.2. The number of carbonyl (C=O) groups excluding carboxylic acids is 1. The van der Waals surface area contributed by atoms with Gasteiger partial charge >= 0.3 is 0 Å². The van der Waals surface area contributed by atoms with Crippen LogP contribution in [0, 0.1) is 6.92 Å². The van der Waals surface area contributed by atoms with Crippen LogP contribution in [0.4, 0.5) is 5.69 Å². The van der Waals surface area contributed by atoms with Gasteiger partial charge in [0.15, 0.2) is 5.75 Å². The molecule has 5 heteroatoms. The third-order valence-electron chi connectivity index (χ3n) is 2.98. The van der Waals surface area contributed by atoms with E-state index < -0.39 is 0 Å². The number of amides is 1.